The number of nitrogens with one attached hydrogen (secondary N) is 2. The number of amides is 1. The van der Waals surface area contributed by atoms with Crippen molar-refractivity contribution in [3.8, 4) is 0 Å². The van der Waals surface area contributed by atoms with Crippen molar-refractivity contribution in [3.63, 3.8) is 0 Å². The van der Waals surface area contributed by atoms with Gasteiger partial charge in [0.15, 0.2) is 0 Å². The van der Waals surface area contributed by atoms with Gasteiger partial charge in [-0.15, -0.1) is 11.8 Å². The van der Waals surface area contributed by atoms with E-state index in [0.29, 0.717) is 18.8 Å². The van der Waals surface area contributed by atoms with Crippen LogP contribution in [0.5, 0.6) is 0 Å². The summed E-state index contributed by atoms with van der Waals surface area (Å²) in [6, 6.07) is 10.2. The number of rotatable bonds is 8. The lowest BCUT2D eigenvalue weighted by molar-refractivity contribution is -0.118. The lowest BCUT2D eigenvalue weighted by atomic mass is 10.2. The molecule has 2 N–H and O–H groups in total. The van der Waals surface area contributed by atoms with Crippen molar-refractivity contribution < 1.29 is 21.6 Å². The summed E-state index contributed by atoms with van der Waals surface area (Å²) in [5.74, 6) is -0.462. The lowest BCUT2D eigenvalue weighted by Gasteiger charge is -2.25. The molecule has 1 saturated heterocycles. The first-order valence-electron chi connectivity index (χ1n) is 10.7. The van der Waals surface area contributed by atoms with E-state index in [1.807, 2.05) is 6.26 Å². The fraction of sp³-hybridized carbons (Fsp3) is 0.409. The highest BCUT2D eigenvalue weighted by atomic mass is 32.2. The quantitative estimate of drug-likeness (QED) is 0.519. The Kier molecular flexibility index (Phi) is 8.09. The third-order valence-electron chi connectivity index (χ3n) is 5.32. The Morgan fingerprint density at radius 3 is 2.12 bits per heavy atom. The van der Waals surface area contributed by atoms with Gasteiger partial charge in [0.2, 0.25) is 15.9 Å². The van der Waals surface area contributed by atoms with Gasteiger partial charge in [-0.3, -0.25) is 9.52 Å². The van der Waals surface area contributed by atoms with E-state index in [1.54, 1.807) is 19.9 Å². The predicted octanol–water partition coefficient (Wildman–Crippen LogP) is 3.98. The largest absolute Gasteiger partial charge is 0.325 e. The molecule has 11 heteroatoms. The molecule has 0 spiro atoms. The van der Waals surface area contributed by atoms with Crippen molar-refractivity contribution in [2.75, 3.05) is 29.4 Å². The molecule has 1 aliphatic rings. The first-order valence-corrected chi connectivity index (χ1v) is 14.8. The normalized spacial score (nSPS) is 15.4. The van der Waals surface area contributed by atoms with Crippen LogP contribution in [0.4, 0.5) is 11.4 Å². The van der Waals surface area contributed by atoms with Gasteiger partial charge in [0.1, 0.15) is 0 Å². The van der Waals surface area contributed by atoms with Gasteiger partial charge < -0.3 is 5.32 Å². The zero-order chi connectivity index (χ0) is 24.2. The van der Waals surface area contributed by atoms with Crippen molar-refractivity contribution in [2.45, 2.75) is 47.8 Å². The van der Waals surface area contributed by atoms with E-state index in [9.17, 15) is 21.6 Å². The van der Waals surface area contributed by atoms with Gasteiger partial charge in [0.05, 0.1) is 15.5 Å². The van der Waals surface area contributed by atoms with Crippen LogP contribution in [0.1, 0.15) is 33.1 Å². The molecule has 180 valence electrons. The number of piperidine rings is 1. The molecule has 0 aromatic heterocycles. The van der Waals surface area contributed by atoms with Crippen LogP contribution in [-0.2, 0) is 24.8 Å². The number of sulfonamides is 2. The van der Waals surface area contributed by atoms with Gasteiger partial charge in [-0.1, -0.05) is 20.3 Å². The number of carbonyl (C=O) groups excluding carboxylic acids is 1. The van der Waals surface area contributed by atoms with Crippen molar-refractivity contribution >= 4 is 49.1 Å². The van der Waals surface area contributed by atoms with E-state index in [-0.39, 0.29) is 27.3 Å². The maximum atomic E-state index is 12.9. The molecule has 8 nitrogen and oxygen atoms in total. The summed E-state index contributed by atoms with van der Waals surface area (Å²) in [5, 5.41) is 2.77. The molecule has 33 heavy (non-hydrogen) atoms. The van der Waals surface area contributed by atoms with Crippen LogP contribution in [0.3, 0.4) is 0 Å². The van der Waals surface area contributed by atoms with Gasteiger partial charge in [-0.25, -0.2) is 16.8 Å². The summed E-state index contributed by atoms with van der Waals surface area (Å²) < 4.78 is 55.4. The summed E-state index contributed by atoms with van der Waals surface area (Å²) in [6.45, 7) is 4.51. The van der Waals surface area contributed by atoms with Crippen LogP contribution in [0.2, 0.25) is 0 Å². The second-order valence-corrected chi connectivity index (χ2v) is 12.6. The van der Waals surface area contributed by atoms with Gasteiger partial charge >= 0.3 is 0 Å². The molecule has 1 amide bonds. The van der Waals surface area contributed by atoms with Crippen molar-refractivity contribution in [3.05, 3.63) is 42.5 Å². The maximum Gasteiger partial charge on any atom is 0.261 e. The zero-order valence-corrected chi connectivity index (χ0v) is 21.3. The van der Waals surface area contributed by atoms with Crippen molar-refractivity contribution in [1.82, 2.24) is 4.31 Å². The van der Waals surface area contributed by atoms with Crippen LogP contribution in [-0.4, -0.2) is 46.4 Å². The number of carbonyl (C=O) groups is 1. The molecule has 0 atom stereocenters. The molecule has 2 aromatic carbocycles. The monoisotopic (exact) mass is 511 g/mol. The number of benzene rings is 2. The molecule has 3 rings (SSSR count). The molecular weight excluding hydrogens is 482 g/mol. The highest BCUT2D eigenvalue weighted by Crippen LogP contribution is 2.30. The van der Waals surface area contributed by atoms with Crippen LogP contribution in [0, 0.1) is 5.92 Å². The molecule has 1 heterocycles. The summed E-state index contributed by atoms with van der Waals surface area (Å²) in [7, 11) is -7.55. The van der Waals surface area contributed by atoms with Crippen LogP contribution in [0.25, 0.3) is 0 Å². The predicted molar refractivity (Wildman–Crippen MR) is 132 cm³/mol. The van der Waals surface area contributed by atoms with E-state index in [4.69, 9.17) is 0 Å². The van der Waals surface area contributed by atoms with Crippen LogP contribution in [0.15, 0.2) is 57.2 Å². The third-order valence-corrected chi connectivity index (χ3v) is 9.41. The number of thioether (sulfide) groups is 1. The highest BCUT2D eigenvalue weighted by molar-refractivity contribution is 7.98. The smallest absolute Gasteiger partial charge is 0.261 e. The van der Waals surface area contributed by atoms with Crippen LogP contribution >= 0.6 is 11.8 Å². The third kappa shape index (κ3) is 6.08. The minimum Gasteiger partial charge on any atom is -0.325 e. The maximum absolute atomic E-state index is 12.9. The topological polar surface area (TPSA) is 113 Å². The van der Waals surface area contributed by atoms with Gasteiger partial charge in [0.25, 0.3) is 10.0 Å². The van der Waals surface area contributed by atoms with Crippen molar-refractivity contribution in [2.24, 2.45) is 5.92 Å². The second kappa shape index (κ2) is 10.5. The highest BCUT2D eigenvalue weighted by Gasteiger charge is 2.26. The minimum atomic E-state index is -3.96. The summed E-state index contributed by atoms with van der Waals surface area (Å²) in [5.41, 5.74) is 0.668. The Morgan fingerprint density at radius 1 is 0.939 bits per heavy atom. The van der Waals surface area contributed by atoms with E-state index in [1.165, 1.54) is 52.5 Å². The van der Waals surface area contributed by atoms with Crippen molar-refractivity contribution in [1.29, 1.82) is 0 Å². The summed E-state index contributed by atoms with van der Waals surface area (Å²) >= 11 is 1.40. The number of hydrogen-bond acceptors (Lipinski definition) is 6. The van der Waals surface area contributed by atoms with Gasteiger partial charge in [0, 0.05) is 29.6 Å². The molecule has 1 fully saturated rings. The number of anilines is 2. The molecule has 2 aromatic rings. The Hall–Kier alpha value is -2.08. The average Bonchev–Trinajstić information content (AvgIpc) is 2.79. The Bertz CT molecular complexity index is 1200. The number of nitrogens with zero attached hydrogens (tertiary/aromatic N) is 1. The van der Waals surface area contributed by atoms with E-state index in [2.05, 4.69) is 10.0 Å². The first-order chi connectivity index (χ1) is 15.5. The van der Waals surface area contributed by atoms with Crippen LogP contribution < -0.4 is 10.0 Å². The molecule has 1 aliphatic heterocycles. The van der Waals surface area contributed by atoms with E-state index >= 15 is 0 Å². The molecule has 0 saturated carbocycles. The van der Waals surface area contributed by atoms with E-state index in [0.717, 1.165) is 24.2 Å². The van der Waals surface area contributed by atoms with Gasteiger partial charge in [-0.2, -0.15) is 4.31 Å². The van der Waals surface area contributed by atoms with E-state index < -0.39 is 20.0 Å². The SMILES string of the molecule is CSc1ccc(S(=O)(=O)Nc2ccc(S(=O)(=O)N3CCCCC3)cc2)cc1NC(=O)C(C)C. The fourth-order valence-corrected chi connectivity index (χ4v) is 6.53. The van der Waals surface area contributed by atoms with Gasteiger partial charge in [-0.05, 0) is 61.6 Å². The molecule has 0 unspecified atom stereocenters. The summed E-state index contributed by atoms with van der Waals surface area (Å²) in [6.07, 6.45) is 4.54. The number of hydrogen-bond donors (Lipinski definition) is 2. The Morgan fingerprint density at radius 2 is 1.55 bits per heavy atom. The minimum absolute atomic E-state index is 0.00984. The lowest BCUT2D eigenvalue weighted by Crippen LogP contribution is -2.35. The second-order valence-electron chi connectivity index (χ2n) is 8.10. The molecule has 0 radical (unpaired) electrons. The molecule has 0 bridgehead atoms. The standard InChI is InChI=1S/C22H29N3O5S3/c1-16(2)22(26)23-20-15-19(11-12-21(20)31-3)32(27,28)24-17-7-9-18(10-8-17)33(29,30)25-13-5-4-6-14-25/h7-12,15-16,24H,4-6,13-14H2,1-3H3,(H,23,26). The molecular formula is C22H29N3O5S3. The molecule has 0 aliphatic carbocycles. The fourth-order valence-electron chi connectivity index (χ4n) is 3.39. The summed E-state index contributed by atoms with van der Waals surface area (Å²) in [4.78, 5) is 13.0. The average molecular weight is 512 g/mol. The Labute approximate surface area is 200 Å². The first kappa shape index (κ1) is 25.5. The Balaban J connectivity index is 1.81. The zero-order valence-electron chi connectivity index (χ0n) is 18.9.